The van der Waals surface area contributed by atoms with Crippen molar-refractivity contribution in [1.82, 2.24) is 19.7 Å². The van der Waals surface area contributed by atoms with Gasteiger partial charge in [0.05, 0.1) is 22.5 Å². The van der Waals surface area contributed by atoms with Crippen molar-refractivity contribution in [1.29, 1.82) is 0 Å². The van der Waals surface area contributed by atoms with Crippen LogP contribution < -0.4 is 0 Å². The van der Waals surface area contributed by atoms with Gasteiger partial charge in [-0.1, -0.05) is 30.3 Å². The van der Waals surface area contributed by atoms with Crippen LogP contribution in [0.25, 0.3) is 0 Å². The third kappa shape index (κ3) is 3.15. The SMILES string of the molecule is CCn1ncc(C(=O)N2CCC(c3ccccc3)(c3csc(C)n3)CC2)c1C. The number of piperidine rings is 1. The lowest BCUT2D eigenvalue weighted by molar-refractivity contribution is 0.0683. The second-order valence-electron chi connectivity index (χ2n) is 7.45. The molecule has 0 bridgehead atoms. The van der Waals surface area contributed by atoms with Gasteiger partial charge >= 0.3 is 0 Å². The van der Waals surface area contributed by atoms with E-state index in [-0.39, 0.29) is 11.3 Å². The predicted octanol–water partition coefficient (Wildman–Crippen LogP) is 4.20. The van der Waals surface area contributed by atoms with Crippen LogP contribution in [0.5, 0.6) is 0 Å². The summed E-state index contributed by atoms with van der Waals surface area (Å²) < 4.78 is 1.88. The average Bonchev–Trinajstić information content (AvgIpc) is 3.34. The number of carbonyl (C=O) groups is 1. The second kappa shape index (κ2) is 7.51. The third-order valence-corrected chi connectivity index (χ3v) is 6.75. The molecular formula is C22H26N4OS. The molecule has 1 fully saturated rings. The number of aromatic nitrogens is 3. The van der Waals surface area contributed by atoms with Crippen LogP contribution in [0.1, 0.15) is 52.1 Å². The number of benzene rings is 1. The Balaban J connectivity index is 1.60. The quantitative estimate of drug-likeness (QED) is 0.666. The first kappa shape index (κ1) is 18.9. The molecule has 0 atom stereocenters. The summed E-state index contributed by atoms with van der Waals surface area (Å²) in [6, 6.07) is 10.6. The van der Waals surface area contributed by atoms with Crippen molar-refractivity contribution in [2.24, 2.45) is 0 Å². The van der Waals surface area contributed by atoms with Gasteiger partial charge in [-0.3, -0.25) is 9.48 Å². The molecular weight excluding hydrogens is 368 g/mol. The summed E-state index contributed by atoms with van der Waals surface area (Å²) >= 11 is 1.70. The maximum Gasteiger partial charge on any atom is 0.257 e. The van der Waals surface area contributed by atoms with E-state index in [1.165, 1.54) is 5.56 Å². The molecule has 6 heteroatoms. The summed E-state index contributed by atoms with van der Waals surface area (Å²) in [7, 11) is 0. The molecule has 0 spiro atoms. The van der Waals surface area contributed by atoms with Gasteiger partial charge in [-0.25, -0.2) is 4.98 Å². The Kier molecular flexibility index (Phi) is 5.06. The fourth-order valence-corrected chi connectivity index (χ4v) is 4.98. The fourth-order valence-electron chi connectivity index (χ4n) is 4.27. The first-order chi connectivity index (χ1) is 13.5. The van der Waals surface area contributed by atoms with Gasteiger partial charge in [-0.05, 0) is 39.2 Å². The normalized spacial score (nSPS) is 16.3. The van der Waals surface area contributed by atoms with Crippen LogP contribution in [0.4, 0.5) is 0 Å². The van der Waals surface area contributed by atoms with Gasteiger partial charge < -0.3 is 4.90 Å². The molecule has 0 radical (unpaired) electrons. The van der Waals surface area contributed by atoms with Gasteiger partial charge in [0.1, 0.15) is 0 Å². The van der Waals surface area contributed by atoms with Gasteiger partial charge in [-0.2, -0.15) is 5.10 Å². The largest absolute Gasteiger partial charge is 0.338 e. The summed E-state index contributed by atoms with van der Waals surface area (Å²) in [5.41, 5.74) is 3.98. The van der Waals surface area contributed by atoms with Crippen molar-refractivity contribution in [3.8, 4) is 0 Å². The molecule has 2 aromatic heterocycles. The highest BCUT2D eigenvalue weighted by atomic mass is 32.1. The summed E-state index contributed by atoms with van der Waals surface area (Å²) in [5.74, 6) is 0.0910. The van der Waals surface area contributed by atoms with Gasteiger partial charge in [0.2, 0.25) is 0 Å². The van der Waals surface area contributed by atoms with E-state index in [0.29, 0.717) is 0 Å². The molecule has 28 heavy (non-hydrogen) atoms. The molecule has 3 aromatic rings. The molecule has 0 aliphatic carbocycles. The van der Waals surface area contributed by atoms with Crippen LogP contribution in [0.3, 0.4) is 0 Å². The highest BCUT2D eigenvalue weighted by Gasteiger charge is 2.41. The minimum Gasteiger partial charge on any atom is -0.338 e. The Morgan fingerprint density at radius 2 is 1.89 bits per heavy atom. The lowest BCUT2D eigenvalue weighted by atomic mass is 9.70. The Bertz CT molecular complexity index is 968. The maximum atomic E-state index is 13.1. The molecule has 1 amide bonds. The molecule has 1 aromatic carbocycles. The number of likely N-dealkylation sites (tertiary alicyclic amines) is 1. The van der Waals surface area contributed by atoms with Gasteiger partial charge in [0.15, 0.2) is 0 Å². The van der Waals surface area contributed by atoms with Crippen LogP contribution in [-0.2, 0) is 12.0 Å². The second-order valence-corrected chi connectivity index (χ2v) is 8.51. The van der Waals surface area contributed by atoms with Gasteiger partial charge in [0.25, 0.3) is 5.91 Å². The van der Waals surface area contributed by atoms with E-state index in [1.807, 2.05) is 23.4 Å². The van der Waals surface area contributed by atoms with Crippen molar-refractivity contribution in [2.75, 3.05) is 13.1 Å². The third-order valence-electron chi connectivity index (χ3n) is 5.97. The van der Waals surface area contributed by atoms with E-state index < -0.39 is 0 Å². The number of hydrogen-bond donors (Lipinski definition) is 0. The number of hydrogen-bond acceptors (Lipinski definition) is 4. The van der Waals surface area contributed by atoms with Crippen molar-refractivity contribution < 1.29 is 4.79 Å². The van der Waals surface area contributed by atoms with Crippen LogP contribution in [0.2, 0.25) is 0 Å². The first-order valence-electron chi connectivity index (χ1n) is 9.85. The maximum absolute atomic E-state index is 13.1. The van der Waals surface area contributed by atoms with E-state index in [0.717, 1.165) is 54.4 Å². The van der Waals surface area contributed by atoms with Crippen LogP contribution in [0, 0.1) is 13.8 Å². The van der Waals surface area contributed by atoms with Gasteiger partial charge in [-0.15, -0.1) is 11.3 Å². The van der Waals surface area contributed by atoms with Crippen molar-refractivity contribution in [3.05, 3.63) is 69.4 Å². The highest BCUT2D eigenvalue weighted by molar-refractivity contribution is 7.09. The molecule has 5 nitrogen and oxygen atoms in total. The molecule has 146 valence electrons. The minimum atomic E-state index is -0.120. The van der Waals surface area contributed by atoms with E-state index in [2.05, 4.69) is 47.7 Å². The number of amides is 1. The molecule has 3 heterocycles. The summed E-state index contributed by atoms with van der Waals surface area (Å²) in [6.45, 7) is 8.29. The minimum absolute atomic E-state index is 0.0910. The number of aryl methyl sites for hydroxylation is 2. The molecule has 4 rings (SSSR count). The molecule has 1 saturated heterocycles. The lowest BCUT2D eigenvalue weighted by Crippen LogP contribution is -2.46. The van der Waals surface area contributed by atoms with E-state index in [4.69, 9.17) is 4.98 Å². The summed E-state index contributed by atoms with van der Waals surface area (Å²) in [6.07, 6.45) is 3.48. The van der Waals surface area contributed by atoms with E-state index >= 15 is 0 Å². The summed E-state index contributed by atoms with van der Waals surface area (Å²) in [4.78, 5) is 19.9. The lowest BCUT2D eigenvalue weighted by Gasteiger charge is -2.41. The highest BCUT2D eigenvalue weighted by Crippen LogP contribution is 2.42. The average molecular weight is 395 g/mol. The van der Waals surface area contributed by atoms with E-state index in [1.54, 1.807) is 17.5 Å². The van der Waals surface area contributed by atoms with Crippen LogP contribution >= 0.6 is 11.3 Å². The van der Waals surface area contributed by atoms with Crippen LogP contribution in [0.15, 0.2) is 41.9 Å². The number of carbonyl (C=O) groups excluding carboxylic acids is 1. The monoisotopic (exact) mass is 394 g/mol. The Morgan fingerprint density at radius 1 is 1.18 bits per heavy atom. The zero-order valence-electron chi connectivity index (χ0n) is 16.7. The number of rotatable bonds is 4. The van der Waals surface area contributed by atoms with Crippen molar-refractivity contribution >= 4 is 17.2 Å². The molecule has 1 aliphatic rings. The topological polar surface area (TPSA) is 51.0 Å². The Morgan fingerprint density at radius 3 is 2.46 bits per heavy atom. The van der Waals surface area contributed by atoms with Crippen molar-refractivity contribution in [2.45, 2.75) is 45.6 Å². The zero-order valence-corrected chi connectivity index (χ0v) is 17.5. The molecule has 0 unspecified atom stereocenters. The standard InChI is InChI=1S/C22H26N4OS/c1-4-26-16(2)19(14-23-26)21(27)25-12-10-22(11-13-25,18-8-6-5-7-9-18)20-15-28-17(3)24-20/h5-9,14-15H,4,10-13H2,1-3H3. The zero-order chi connectivity index (χ0) is 19.7. The number of thiazole rings is 1. The first-order valence-corrected chi connectivity index (χ1v) is 10.7. The van der Waals surface area contributed by atoms with Crippen LogP contribution in [-0.4, -0.2) is 38.7 Å². The predicted molar refractivity (Wildman–Crippen MR) is 112 cm³/mol. The van der Waals surface area contributed by atoms with E-state index in [9.17, 15) is 4.79 Å². The van der Waals surface area contributed by atoms with Gasteiger partial charge in [0, 0.05) is 36.1 Å². The molecule has 1 aliphatic heterocycles. The molecule has 0 N–H and O–H groups in total. The smallest absolute Gasteiger partial charge is 0.257 e. The summed E-state index contributed by atoms with van der Waals surface area (Å²) in [5, 5.41) is 7.62. The van der Waals surface area contributed by atoms with Crippen molar-refractivity contribution in [3.63, 3.8) is 0 Å². The Labute approximate surface area is 170 Å². The molecule has 0 saturated carbocycles. The Hall–Kier alpha value is -2.47. The fraction of sp³-hybridized carbons (Fsp3) is 0.409. The number of nitrogens with zero attached hydrogens (tertiary/aromatic N) is 4.